The van der Waals surface area contributed by atoms with Crippen molar-refractivity contribution in [3.05, 3.63) is 53.1 Å². The molecule has 1 saturated heterocycles. The molecule has 1 aliphatic heterocycles. The maximum absolute atomic E-state index is 12.9. The minimum Gasteiger partial charge on any atom is -0.368 e. The summed E-state index contributed by atoms with van der Waals surface area (Å²) in [6.45, 7) is 9.70. The zero-order valence-corrected chi connectivity index (χ0v) is 20.5. The molecule has 31 heavy (non-hydrogen) atoms. The Hall–Kier alpha value is -1.87. The highest BCUT2D eigenvalue weighted by Gasteiger charge is 2.23. The second kappa shape index (κ2) is 10.2. The number of nitrogens with one attached hydrogen (secondary N) is 1. The number of sulfonamides is 1. The Labute approximate surface area is 195 Å². The summed E-state index contributed by atoms with van der Waals surface area (Å²) in [5.74, 6) is 0. The zero-order valence-electron chi connectivity index (χ0n) is 18.1. The largest absolute Gasteiger partial charge is 0.368 e. The molecule has 1 fully saturated rings. The fourth-order valence-electron chi connectivity index (χ4n) is 3.64. The monoisotopic (exact) mass is 480 g/mol. The van der Waals surface area contributed by atoms with Crippen molar-refractivity contribution in [1.29, 1.82) is 0 Å². The number of piperazine rings is 1. The van der Waals surface area contributed by atoms with E-state index in [4.69, 9.17) is 23.8 Å². The number of rotatable bonds is 6. The summed E-state index contributed by atoms with van der Waals surface area (Å²) in [5.41, 5.74) is 2.77. The first-order valence-corrected chi connectivity index (χ1v) is 12.7. The Morgan fingerprint density at radius 3 is 2.39 bits per heavy atom. The Morgan fingerprint density at radius 2 is 1.77 bits per heavy atom. The predicted octanol–water partition coefficient (Wildman–Crippen LogP) is 4.20. The number of halogens is 1. The summed E-state index contributed by atoms with van der Waals surface area (Å²) >= 11 is 11.8. The molecule has 1 aliphatic rings. The van der Waals surface area contributed by atoms with Gasteiger partial charge in [0.15, 0.2) is 5.11 Å². The van der Waals surface area contributed by atoms with Crippen LogP contribution in [0.1, 0.15) is 19.4 Å². The molecule has 0 aliphatic carbocycles. The number of hydrogen-bond donors (Lipinski definition) is 1. The molecule has 0 amide bonds. The first-order valence-electron chi connectivity index (χ1n) is 10.4. The lowest BCUT2D eigenvalue weighted by Crippen LogP contribution is -2.50. The average molecular weight is 481 g/mol. The van der Waals surface area contributed by atoms with Gasteiger partial charge in [-0.2, -0.15) is 4.31 Å². The van der Waals surface area contributed by atoms with Gasteiger partial charge < -0.3 is 15.1 Å². The van der Waals surface area contributed by atoms with Crippen molar-refractivity contribution >= 4 is 50.3 Å². The number of hydrogen-bond acceptors (Lipinski definition) is 4. The molecular formula is C22H29ClN4O2S2. The smallest absolute Gasteiger partial charge is 0.243 e. The molecule has 0 spiro atoms. The van der Waals surface area contributed by atoms with Crippen LogP contribution in [0.4, 0.5) is 11.4 Å². The van der Waals surface area contributed by atoms with Crippen molar-refractivity contribution in [2.75, 3.05) is 49.5 Å². The standard InChI is InChI=1S/C22H29ClN4O2S2/c1-4-27(5-2)31(28,29)20-10-9-17(3)21(16-20)24-22(30)26-13-11-25(12-14-26)19-8-6-7-18(23)15-19/h6-10,15-16H,4-5,11-14H2,1-3H3,(H,24,30). The van der Waals surface area contributed by atoms with Gasteiger partial charge in [-0.15, -0.1) is 0 Å². The molecule has 0 radical (unpaired) electrons. The third kappa shape index (κ3) is 5.49. The lowest BCUT2D eigenvalue weighted by atomic mass is 10.2. The van der Waals surface area contributed by atoms with Crippen molar-refractivity contribution < 1.29 is 8.42 Å². The van der Waals surface area contributed by atoms with E-state index >= 15 is 0 Å². The normalized spacial score (nSPS) is 14.7. The van der Waals surface area contributed by atoms with E-state index in [2.05, 4.69) is 21.2 Å². The number of benzene rings is 2. The molecule has 0 unspecified atom stereocenters. The summed E-state index contributed by atoms with van der Waals surface area (Å²) in [4.78, 5) is 4.67. The van der Waals surface area contributed by atoms with Crippen LogP contribution in [0.25, 0.3) is 0 Å². The van der Waals surface area contributed by atoms with E-state index in [0.29, 0.717) is 18.2 Å². The highest BCUT2D eigenvalue weighted by molar-refractivity contribution is 7.89. The number of aryl methyl sites for hydroxylation is 1. The third-order valence-corrected chi connectivity index (χ3v) is 8.18. The maximum atomic E-state index is 12.9. The summed E-state index contributed by atoms with van der Waals surface area (Å²) < 4.78 is 27.2. The van der Waals surface area contributed by atoms with Crippen molar-refractivity contribution in [3.8, 4) is 0 Å². The van der Waals surface area contributed by atoms with Gasteiger partial charge in [-0.3, -0.25) is 0 Å². The molecule has 0 bridgehead atoms. The van der Waals surface area contributed by atoms with Crippen molar-refractivity contribution in [2.45, 2.75) is 25.7 Å². The molecule has 0 aromatic heterocycles. The van der Waals surface area contributed by atoms with Crippen LogP contribution in [0.2, 0.25) is 5.02 Å². The Balaban J connectivity index is 1.68. The topological polar surface area (TPSA) is 55.9 Å². The molecule has 0 atom stereocenters. The second-order valence-corrected chi connectivity index (χ2v) is 10.2. The van der Waals surface area contributed by atoms with Gasteiger partial charge in [-0.25, -0.2) is 8.42 Å². The van der Waals surface area contributed by atoms with Crippen LogP contribution in [0, 0.1) is 6.92 Å². The van der Waals surface area contributed by atoms with Gasteiger partial charge in [0.25, 0.3) is 0 Å². The van der Waals surface area contributed by atoms with E-state index in [1.54, 1.807) is 12.1 Å². The van der Waals surface area contributed by atoms with E-state index in [1.807, 2.05) is 45.0 Å². The van der Waals surface area contributed by atoms with Gasteiger partial charge in [-0.05, 0) is 55.0 Å². The van der Waals surface area contributed by atoms with Gasteiger partial charge in [0.2, 0.25) is 10.0 Å². The molecule has 1 N–H and O–H groups in total. The van der Waals surface area contributed by atoms with E-state index in [9.17, 15) is 8.42 Å². The van der Waals surface area contributed by atoms with E-state index in [1.165, 1.54) is 4.31 Å². The molecule has 1 heterocycles. The van der Waals surface area contributed by atoms with Gasteiger partial charge in [0, 0.05) is 55.7 Å². The minimum absolute atomic E-state index is 0.276. The van der Waals surface area contributed by atoms with Crippen LogP contribution in [0.3, 0.4) is 0 Å². The fourth-order valence-corrected chi connectivity index (χ4v) is 5.61. The molecule has 3 rings (SSSR count). The molecule has 168 valence electrons. The molecule has 2 aromatic carbocycles. The summed E-state index contributed by atoms with van der Waals surface area (Å²) in [7, 11) is -3.52. The van der Waals surface area contributed by atoms with Crippen molar-refractivity contribution in [3.63, 3.8) is 0 Å². The van der Waals surface area contributed by atoms with Gasteiger partial charge in [-0.1, -0.05) is 37.6 Å². The van der Waals surface area contributed by atoms with Crippen molar-refractivity contribution in [2.24, 2.45) is 0 Å². The van der Waals surface area contributed by atoms with Crippen LogP contribution in [0.15, 0.2) is 47.4 Å². The highest BCUT2D eigenvalue weighted by Crippen LogP contribution is 2.24. The number of anilines is 2. The first-order chi connectivity index (χ1) is 14.8. The summed E-state index contributed by atoms with van der Waals surface area (Å²) in [5, 5.41) is 4.60. The maximum Gasteiger partial charge on any atom is 0.243 e. The van der Waals surface area contributed by atoms with Gasteiger partial charge in [0.1, 0.15) is 0 Å². The van der Waals surface area contributed by atoms with Crippen LogP contribution < -0.4 is 10.2 Å². The third-order valence-electron chi connectivity index (χ3n) is 5.53. The van der Waals surface area contributed by atoms with E-state index in [0.717, 1.165) is 48.1 Å². The molecule has 6 nitrogen and oxygen atoms in total. The van der Waals surface area contributed by atoms with Gasteiger partial charge in [0.05, 0.1) is 4.90 Å². The summed E-state index contributed by atoms with van der Waals surface area (Å²) in [6.07, 6.45) is 0. The average Bonchev–Trinajstić information content (AvgIpc) is 2.76. The Bertz CT molecular complexity index is 1030. The zero-order chi connectivity index (χ0) is 22.6. The molecule has 2 aromatic rings. The first kappa shape index (κ1) is 23.8. The molecule has 9 heteroatoms. The van der Waals surface area contributed by atoms with E-state index in [-0.39, 0.29) is 4.90 Å². The van der Waals surface area contributed by atoms with Crippen molar-refractivity contribution in [1.82, 2.24) is 9.21 Å². The predicted molar refractivity (Wildman–Crippen MR) is 133 cm³/mol. The number of thiocarbonyl (C=S) groups is 1. The Kier molecular flexibility index (Phi) is 7.80. The SMILES string of the molecule is CCN(CC)S(=O)(=O)c1ccc(C)c(NC(=S)N2CCN(c3cccc(Cl)c3)CC2)c1. The minimum atomic E-state index is -3.52. The fraction of sp³-hybridized carbons (Fsp3) is 0.409. The Morgan fingerprint density at radius 1 is 1.10 bits per heavy atom. The van der Waals surface area contributed by atoms with Crippen LogP contribution >= 0.6 is 23.8 Å². The second-order valence-electron chi connectivity index (χ2n) is 7.45. The number of nitrogens with zero attached hydrogens (tertiary/aromatic N) is 3. The highest BCUT2D eigenvalue weighted by atomic mass is 35.5. The lowest BCUT2D eigenvalue weighted by Gasteiger charge is -2.37. The van der Waals surface area contributed by atoms with E-state index < -0.39 is 10.0 Å². The van der Waals surface area contributed by atoms with Crippen LogP contribution in [0.5, 0.6) is 0 Å². The lowest BCUT2D eigenvalue weighted by molar-refractivity contribution is 0.391. The van der Waals surface area contributed by atoms with Gasteiger partial charge >= 0.3 is 0 Å². The molecule has 0 saturated carbocycles. The quantitative estimate of drug-likeness (QED) is 0.625. The molecular weight excluding hydrogens is 452 g/mol. The van der Waals surface area contributed by atoms with Crippen LogP contribution in [-0.4, -0.2) is 62.0 Å². The summed E-state index contributed by atoms with van der Waals surface area (Å²) in [6, 6.07) is 13.0. The van der Waals surface area contributed by atoms with Crippen LogP contribution in [-0.2, 0) is 10.0 Å².